The number of amides is 1. The zero-order valence-corrected chi connectivity index (χ0v) is 16.2. The van der Waals surface area contributed by atoms with Crippen LogP contribution in [0.2, 0.25) is 0 Å². The molecule has 1 amide bonds. The summed E-state index contributed by atoms with van der Waals surface area (Å²) < 4.78 is 28.5. The molecule has 0 aromatic heterocycles. The molecule has 0 spiro atoms. The average Bonchev–Trinajstić information content (AvgIpc) is 3.25. The zero-order chi connectivity index (χ0) is 19.1. The van der Waals surface area contributed by atoms with Crippen molar-refractivity contribution in [1.82, 2.24) is 10.2 Å². The molecule has 146 valence electrons. The number of nitrogens with zero attached hydrogens (tertiary/aromatic N) is 2. The van der Waals surface area contributed by atoms with Crippen LogP contribution in [0.5, 0.6) is 0 Å². The Morgan fingerprint density at radius 2 is 1.89 bits per heavy atom. The molecule has 2 aliphatic heterocycles. The highest BCUT2D eigenvalue weighted by Gasteiger charge is 2.38. The lowest BCUT2D eigenvalue weighted by Crippen LogP contribution is -2.54. The molecule has 8 heteroatoms. The van der Waals surface area contributed by atoms with Crippen LogP contribution in [0.3, 0.4) is 0 Å². The van der Waals surface area contributed by atoms with E-state index in [1.54, 1.807) is 18.2 Å². The maximum absolute atomic E-state index is 12.7. The van der Waals surface area contributed by atoms with Crippen molar-refractivity contribution in [3.05, 3.63) is 29.8 Å². The molecule has 1 aromatic carbocycles. The van der Waals surface area contributed by atoms with Crippen LogP contribution in [-0.2, 0) is 14.8 Å². The first-order chi connectivity index (χ1) is 12.9. The van der Waals surface area contributed by atoms with Crippen LogP contribution in [0.4, 0.5) is 0 Å². The Balaban J connectivity index is 1.42. The van der Waals surface area contributed by atoms with E-state index >= 15 is 0 Å². The highest BCUT2D eigenvalue weighted by atomic mass is 32.2. The van der Waals surface area contributed by atoms with E-state index < -0.39 is 10.0 Å². The van der Waals surface area contributed by atoms with Crippen molar-refractivity contribution >= 4 is 21.8 Å². The van der Waals surface area contributed by atoms with Gasteiger partial charge in [-0.25, -0.2) is 0 Å². The van der Waals surface area contributed by atoms with Crippen molar-refractivity contribution in [3.8, 4) is 0 Å². The molecule has 1 aromatic rings. The number of nitrogens with two attached hydrogens (primary N) is 1. The summed E-state index contributed by atoms with van der Waals surface area (Å²) in [7, 11) is -3.61. The number of piperidine rings is 1. The number of hydrogen-bond donors (Lipinski definition) is 2. The van der Waals surface area contributed by atoms with Crippen LogP contribution in [-0.4, -0.2) is 50.2 Å². The molecule has 2 heterocycles. The molecule has 0 unspecified atom stereocenters. The smallest absolute Gasteiger partial charge is 0.285 e. The van der Waals surface area contributed by atoms with Gasteiger partial charge in [0.05, 0.1) is 5.54 Å². The third-order valence-corrected chi connectivity index (χ3v) is 7.44. The summed E-state index contributed by atoms with van der Waals surface area (Å²) in [5.41, 5.74) is 6.36. The van der Waals surface area contributed by atoms with Crippen molar-refractivity contribution in [2.75, 3.05) is 19.6 Å². The second-order valence-electron chi connectivity index (χ2n) is 7.83. The second kappa shape index (κ2) is 6.91. The maximum atomic E-state index is 12.7. The average molecular weight is 391 g/mol. The summed E-state index contributed by atoms with van der Waals surface area (Å²) in [5.74, 6) is 0.543. The monoisotopic (exact) mass is 390 g/mol. The molecule has 0 bridgehead atoms. The Hall–Kier alpha value is -1.93. The van der Waals surface area contributed by atoms with E-state index in [0.717, 1.165) is 25.7 Å². The molecule has 0 atom stereocenters. The fourth-order valence-corrected chi connectivity index (χ4v) is 5.69. The number of nitrogens with one attached hydrogen (secondary N) is 1. The molecule has 27 heavy (non-hydrogen) atoms. The fraction of sp³-hybridized carbons (Fsp3) is 0.579. The van der Waals surface area contributed by atoms with Gasteiger partial charge in [-0.1, -0.05) is 25.0 Å². The Morgan fingerprint density at radius 1 is 1.22 bits per heavy atom. The molecular weight excluding hydrogens is 364 g/mol. The quantitative estimate of drug-likeness (QED) is 0.808. The SMILES string of the molecule is NCC1(NC(=O)C2CCN(C3=NS(=O)(=O)c4ccccc43)CC2)CCCC1. The van der Waals surface area contributed by atoms with Crippen molar-refractivity contribution in [3.63, 3.8) is 0 Å². The van der Waals surface area contributed by atoms with Gasteiger partial charge in [-0.3, -0.25) is 4.79 Å². The summed E-state index contributed by atoms with van der Waals surface area (Å²) in [6, 6.07) is 6.92. The van der Waals surface area contributed by atoms with Crippen LogP contribution in [0.1, 0.15) is 44.1 Å². The summed E-state index contributed by atoms with van der Waals surface area (Å²) in [5, 5.41) is 3.22. The first-order valence-corrected chi connectivity index (χ1v) is 11.1. The van der Waals surface area contributed by atoms with Gasteiger partial charge in [0.2, 0.25) is 5.91 Å². The summed E-state index contributed by atoms with van der Waals surface area (Å²) in [4.78, 5) is 15.0. The minimum Gasteiger partial charge on any atom is -0.355 e. The fourth-order valence-electron chi connectivity index (χ4n) is 4.47. The van der Waals surface area contributed by atoms with Gasteiger partial charge in [0.1, 0.15) is 4.90 Å². The van der Waals surface area contributed by atoms with Gasteiger partial charge in [-0.2, -0.15) is 8.42 Å². The Labute approximate surface area is 160 Å². The van der Waals surface area contributed by atoms with E-state index in [0.29, 0.717) is 43.9 Å². The molecule has 7 nitrogen and oxygen atoms in total. The number of fused-ring (bicyclic) bond motifs is 1. The van der Waals surface area contributed by atoms with E-state index in [2.05, 4.69) is 9.71 Å². The van der Waals surface area contributed by atoms with Crippen molar-refractivity contribution in [2.24, 2.45) is 16.0 Å². The van der Waals surface area contributed by atoms with Gasteiger partial charge in [0.25, 0.3) is 10.0 Å². The first kappa shape index (κ1) is 18.4. The Bertz CT molecular complexity index is 867. The highest BCUT2D eigenvalue weighted by molar-refractivity contribution is 7.90. The highest BCUT2D eigenvalue weighted by Crippen LogP contribution is 2.31. The van der Waals surface area contributed by atoms with Gasteiger partial charge in [0, 0.05) is 31.1 Å². The Morgan fingerprint density at radius 3 is 2.56 bits per heavy atom. The van der Waals surface area contributed by atoms with E-state index in [-0.39, 0.29) is 22.3 Å². The predicted octanol–water partition coefficient (Wildman–Crippen LogP) is 1.24. The number of benzene rings is 1. The predicted molar refractivity (Wildman–Crippen MR) is 103 cm³/mol. The summed E-state index contributed by atoms with van der Waals surface area (Å²) in [6.45, 7) is 1.73. The van der Waals surface area contributed by atoms with Crippen LogP contribution in [0.15, 0.2) is 33.6 Å². The number of sulfonamides is 1. The number of carbonyl (C=O) groups excluding carboxylic acids is 1. The van der Waals surface area contributed by atoms with E-state index in [4.69, 9.17) is 5.73 Å². The molecule has 4 rings (SSSR count). The molecule has 2 fully saturated rings. The lowest BCUT2D eigenvalue weighted by Gasteiger charge is -2.35. The molecular formula is C19H26N4O3S. The third-order valence-electron chi connectivity index (χ3n) is 6.12. The third kappa shape index (κ3) is 3.36. The van der Waals surface area contributed by atoms with E-state index in [1.165, 1.54) is 0 Å². The minimum atomic E-state index is -3.61. The summed E-state index contributed by atoms with van der Waals surface area (Å²) in [6.07, 6.45) is 5.52. The molecule has 1 saturated heterocycles. The van der Waals surface area contributed by atoms with Crippen LogP contribution >= 0.6 is 0 Å². The first-order valence-electron chi connectivity index (χ1n) is 9.66. The van der Waals surface area contributed by atoms with Crippen molar-refractivity contribution in [1.29, 1.82) is 0 Å². The van der Waals surface area contributed by atoms with Crippen LogP contribution in [0, 0.1) is 5.92 Å². The van der Waals surface area contributed by atoms with Crippen molar-refractivity contribution in [2.45, 2.75) is 49.0 Å². The number of amidine groups is 1. The van der Waals surface area contributed by atoms with E-state index in [1.807, 2.05) is 11.0 Å². The van der Waals surface area contributed by atoms with Gasteiger partial charge in [-0.05, 0) is 37.8 Å². The largest absolute Gasteiger partial charge is 0.355 e. The van der Waals surface area contributed by atoms with Crippen LogP contribution < -0.4 is 11.1 Å². The van der Waals surface area contributed by atoms with Gasteiger partial charge >= 0.3 is 0 Å². The molecule has 0 radical (unpaired) electrons. The van der Waals surface area contributed by atoms with Crippen molar-refractivity contribution < 1.29 is 13.2 Å². The number of likely N-dealkylation sites (tertiary alicyclic amines) is 1. The van der Waals surface area contributed by atoms with Crippen LogP contribution in [0.25, 0.3) is 0 Å². The van der Waals surface area contributed by atoms with Gasteiger partial charge in [-0.15, -0.1) is 4.40 Å². The number of hydrogen-bond acceptors (Lipinski definition) is 5. The topological polar surface area (TPSA) is 105 Å². The second-order valence-corrected chi connectivity index (χ2v) is 9.40. The molecule has 3 N–H and O–H groups in total. The maximum Gasteiger partial charge on any atom is 0.285 e. The molecule has 1 saturated carbocycles. The zero-order valence-electron chi connectivity index (χ0n) is 15.4. The Kier molecular flexibility index (Phi) is 4.71. The summed E-state index contributed by atoms with van der Waals surface area (Å²) >= 11 is 0. The normalized spacial score (nSPS) is 23.7. The number of rotatable bonds is 3. The van der Waals surface area contributed by atoms with E-state index in [9.17, 15) is 13.2 Å². The standard InChI is InChI=1S/C19H26N4O3S/c20-13-19(9-3-4-10-19)21-18(24)14-7-11-23(12-8-14)17-15-5-1-2-6-16(15)27(25,26)22-17/h1-2,5-6,14H,3-4,7-13,20H2,(H,21,24). The van der Waals surface area contributed by atoms with Gasteiger partial charge in [0.15, 0.2) is 5.84 Å². The molecule has 3 aliphatic rings. The molecule has 1 aliphatic carbocycles. The lowest BCUT2D eigenvalue weighted by molar-refractivity contribution is -0.128. The lowest BCUT2D eigenvalue weighted by atomic mass is 9.92. The minimum absolute atomic E-state index is 0.0564. The van der Waals surface area contributed by atoms with Gasteiger partial charge < -0.3 is 16.0 Å². The number of carbonyl (C=O) groups is 1.